The second kappa shape index (κ2) is 12.8. The topological polar surface area (TPSA) is 60.0 Å². The third-order valence-corrected chi connectivity index (χ3v) is 6.94. The van der Waals surface area contributed by atoms with Gasteiger partial charge >= 0.3 is 0 Å². The Balaban J connectivity index is 0.00000363. The minimum atomic E-state index is -0.302. The molecule has 1 aromatic carbocycles. The molecule has 1 saturated carbocycles. The smallest absolute Gasteiger partial charge is 0.230 e. The van der Waals surface area contributed by atoms with Crippen LogP contribution in [-0.2, 0) is 17.9 Å². The van der Waals surface area contributed by atoms with E-state index < -0.39 is 0 Å². The summed E-state index contributed by atoms with van der Waals surface area (Å²) in [6.45, 7) is 7.11. The number of aliphatic imine (C=N–C) groups is 1. The highest BCUT2D eigenvalue weighted by Gasteiger charge is 2.42. The number of halogens is 1. The zero-order valence-electron chi connectivity index (χ0n) is 20.3. The molecular formula is C25H42IN5O. The molecule has 0 spiro atoms. The third-order valence-electron chi connectivity index (χ3n) is 6.94. The molecular weight excluding hydrogens is 513 g/mol. The minimum absolute atomic E-state index is 0. The molecule has 1 heterocycles. The Hall–Kier alpha value is -1.35. The zero-order valence-corrected chi connectivity index (χ0v) is 22.7. The fourth-order valence-corrected chi connectivity index (χ4v) is 5.20. The summed E-state index contributed by atoms with van der Waals surface area (Å²) in [5.41, 5.74) is 2.39. The molecule has 1 aliphatic heterocycles. The molecule has 6 nitrogen and oxygen atoms in total. The number of carbonyl (C=O) groups excluding carboxylic acids is 1. The van der Waals surface area contributed by atoms with Gasteiger partial charge in [0.15, 0.2) is 5.96 Å². The number of guanidine groups is 1. The van der Waals surface area contributed by atoms with Gasteiger partial charge in [-0.2, -0.15) is 0 Å². The Morgan fingerprint density at radius 1 is 1.16 bits per heavy atom. The Bertz CT molecular complexity index is 760. The molecule has 2 N–H and O–H groups in total. The molecule has 180 valence electrons. The van der Waals surface area contributed by atoms with Gasteiger partial charge in [-0.3, -0.25) is 14.7 Å². The van der Waals surface area contributed by atoms with E-state index in [0.717, 1.165) is 50.7 Å². The first-order valence-electron chi connectivity index (χ1n) is 11.9. The molecule has 0 aromatic heterocycles. The molecule has 1 atom stereocenters. The van der Waals surface area contributed by atoms with Gasteiger partial charge in [-0.1, -0.05) is 44.0 Å². The van der Waals surface area contributed by atoms with Gasteiger partial charge < -0.3 is 15.5 Å². The Kier molecular flexibility index (Phi) is 10.7. The van der Waals surface area contributed by atoms with E-state index in [0.29, 0.717) is 6.54 Å². The van der Waals surface area contributed by atoms with E-state index in [1.165, 1.54) is 37.1 Å². The largest absolute Gasteiger partial charge is 0.355 e. The average Bonchev–Trinajstić information content (AvgIpc) is 3.24. The lowest BCUT2D eigenvalue weighted by atomic mass is 9.84. The van der Waals surface area contributed by atoms with Crippen molar-refractivity contribution in [1.82, 2.24) is 20.4 Å². The molecule has 2 aliphatic rings. The number of hydrogen-bond acceptors (Lipinski definition) is 3. The Morgan fingerprint density at radius 2 is 1.84 bits per heavy atom. The summed E-state index contributed by atoms with van der Waals surface area (Å²) in [6.07, 6.45) is 6.78. The molecule has 3 rings (SSSR count). The van der Waals surface area contributed by atoms with Crippen molar-refractivity contribution in [2.24, 2.45) is 16.3 Å². The van der Waals surface area contributed by atoms with Crippen molar-refractivity contribution >= 4 is 35.8 Å². The van der Waals surface area contributed by atoms with Crippen molar-refractivity contribution in [2.45, 2.75) is 58.5 Å². The maximum atomic E-state index is 12.8. The van der Waals surface area contributed by atoms with Crippen LogP contribution in [0.3, 0.4) is 0 Å². The normalized spacial score (nSPS) is 21.0. The highest BCUT2D eigenvalue weighted by atomic mass is 127. The monoisotopic (exact) mass is 555 g/mol. The first kappa shape index (κ1) is 26.9. The first-order valence-corrected chi connectivity index (χ1v) is 11.9. The maximum absolute atomic E-state index is 12.8. The van der Waals surface area contributed by atoms with E-state index in [4.69, 9.17) is 0 Å². The maximum Gasteiger partial charge on any atom is 0.230 e. The van der Waals surface area contributed by atoms with Crippen LogP contribution in [0.15, 0.2) is 29.3 Å². The van der Waals surface area contributed by atoms with Crippen LogP contribution in [-0.4, -0.2) is 62.4 Å². The lowest BCUT2D eigenvalue weighted by Gasteiger charge is -2.32. The van der Waals surface area contributed by atoms with Crippen LogP contribution >= 0.6 is 24.0 Å². The van der Waals surface area contributed by atoms with Gasteiger partial charge in [0.2, 0.25) is 5.91 Å². The van der Waals surface area contributed by atoms with Gasteiger partial charge in [0, 0.05) is 47.3 Å². The number of hydrogen-bond donors (Lipinski definition) is 2. The average molecular weight is 556 g/mol. The van der Waals surface area contributed by atoms with E-state index >= 15 is 0 Å². The molecule has 1 saturated heterocycles. The van der Waals surface area contributed by atoms with Gasteiger partial charge in [-0.05, 0) is 49.3 Å². The Labute approximate surface area is 211 Å². The fraction of sp³-hybridized carbons (Fsp3) is 0.680. The van der Waals surface area contributed by atoms with E-state index in [9.17, 15) is 4.79 Å². The number of rotatable bonds is 7. The number of nitrogens with one attached hydrogen (secondary N) is 2. The number of likely N-dealkylation sites (tertiary alicyclic amines) is 1. The molecule has 1 amide bonds. The van der Waals surface area contributed by atoms with Crippen molar-refractivity contribution in [3.63, 3.8) is 0 Å². The predicted molar refractivity (Wildman–Crippen MR) is 143 cm³/mol. The van der Waals surface area contributed by atoms with Crippen LogP contribution in [0.4, 0.5) is 0 Å². The van der Waals surface area contributed by atoms with Crippen LogP contribution in [0, 0.1) is 11.3 Å². The molecule has 0 radical (unpaired) electrons. The minimum Gasteiger partial charge on any atom is -0.355 e. The molecule has 2 fully saturated rings. The van der Waals surface area contributed by atoms with Gasteiger partial charge in [-0.25, -0.2) is 0 Å². The van der Waals surface area contributed by atoms with Gasteiger partial charge in [-0.15, -0.1) is 24.0 Å². The quantitative estimate of drug-likeness (QED) is 0.305. The zero-order chi connectivity index (χ0) is 22.3. The number of piperidine rings is 1. The third kappa shape index (κ3) is 7.07. The summed E-state index contributed by atoms with van der Waals surface area (Å²) in [5.74, 6) is 1.78. The predicted octanol–water partition coefficient (Wildman–Crippen LogP) is 3.85. The SMILES string of the molecule is CN=C(NCc1ccccc1CN1CCCC(C)C1)NCC1(C(=O)N(C)C)CCCC1.I. The van der Waals surface area contributed by atoms with Crippen molar-refractivity contribution in [1.29, 1.82) is 0 Å². The van der Waals surface area contributed by atoms with Crippen LogP contribution < -0.4 is 10.6 Å². The van der Waals surface area contributed by atoms with Crippen molar-refractivity contribution in [2.75, 3.05) is 40.8 Å². The summed E-state index contributed by atoms with van der Waals surface area (Å²) in [5, 5.41) is 6.92. The van der Waals surface area contributed by atoms with Crippen molar-refractivity contribution < 1.29 is 4.79 Å². The van der Waals surface area contributed by atoms with Crippen molar-refractivity contribution in [3.05, 3.63) is 35.4 Å². The van der Waals surface area contributed by atoms with E-state index in [1.54, 1.807) is 11.9 Å². The van der Waals surface area contributed by atoms with Crippen LogP contribution in [0.1, 0.15) is 56.6 Å². The second-order valence-electron chi connectivity index (χ2n) is 9.72. The van der Waals surface area contributed by atoms with Gasteiger partial charge in [0.1, 0.15) is 0 Å². The lowest BCUT2D eigenvalue weighted by molar-refractivity contribution is -0.138. The summed E-state index contributed by atoms with van der Waals surface area (Å²) in [6, 6.07) is 8.70. The van der Waals surface area contributed by atoms with E-state index in [-0.39, 0.29) is 35.3 Å². The van der Waals surface area contributed by atoms with E-state index in [2.05, 4.69) is 51.7 Å². The van der Waals surface area contributed by atoms with E-state index in [1.807, 2.05) is 14.1 Å². The highest BCUT2D eigenvalue weighted by molar-refractivity contribution is 14.0. The molecule has 1 unspecified atom stereocenters. The molecule has 1 aromatic rings. The number of carbonyl (C=O) groups is 1. The van der Waals surface area contributed by atoms with Gasteiger partial charge in [0.25, 0.3) is 0 Å². The Morgan fingerprint density at radius 3 is 2.47 bits per heavy atom. The molecule has 7 heteroatoms. The van der Waals surface area contributed by atoms with Crippen LogP contribution in [0.2, 0.25) is 0 Å². The van der Waals surface area contributed by atoms with Crippen molar-refractivity contribution in [3.8, 4) is 0 Å². The number of nitrogens with zero attached hydrogens (tertiary/aromatic N) is 3. The highest BCUT2D eigenvalue weighted by Crippen LogP contribution is 2.38. The number of amides is 1. The second-order valence-corrected chi connectivity index (χ2v) is 9.72. The standard InChI is InChI=1S/C25H41N5O.HI/c1-20-10-9-15-30(17-20)18-22-12-6-5-11-21(22)16-27-24(26-2)28-19-25(13-7-8-14-25)23(31)29(3)4;/h5-6,11-12,20H,7-10,13-19H2,1-4H3,(H2,26,27,28);1H. The molecule has 32 heavy (non-hydrogen) atoms. The number of benzene rings is 1. The summed E-state index contributed by atoms with van der Waals surface area (Å²) in [4.78, 5) is 21.6. The summed E-state index contributed by atoms with van der Waals surface area (Å²) in [7, 11) is 5.51. The fourth-order valence-electron chi connectivity index (χ4n) is 5.20. The van der Waals surface area contributed by atoms with Crippen LogP contribution in [0.25, 0.3) is 0 Å². The summed E-state index contributed by atoms with van der Waals surface area (Å²) >= 11 is 0. The molecule has 0 bridgehead atoms. The summed E-state index contributed by atoms with van der Waals surface area (Å²) < 4.78 is 0. The molecule has 1 aliphatic carbocycles. The first-order chi connectivity index (χ1) is 14.9. The van der Waals surface area contributed by atoms with Crippen LogP contribution in [0.5, 0.6) is 0 Å². The van der Waals surface area contributed by atoms with Gasteiger partial charge in [0.05, 0.1) is 5.41 Å². The lowest BCUT2D eigenvalue weighted by Crippen LogP contribution is -2.49.